The highest BCUT2D eigenvalue weighted by atomic mass is 32.2. The van der Waals surface area contributed by atoms with Crippen LogP contribution < -0.4 is 9.44 Å². The number of halogens is 3. The van der Waals surface area contributed by atoms with Crippen LogP contribution in [0.5, 0.6) is 0 Å². The lowest BCUT2D eigenvalue weighted by atomic mass is 10.3. The van der Waals surface area contributed by atoms with Crippen LogP contribution in [0.25, 0.3) is 0 Å². The summed E-state index contributed by atoms with van der Waals surface area (Å²) < 4.78 is 59.6. The van der Waals surface area contributed by atoms with E-state index in [0.717, 1.165) is 0 Å². The lowest BCUT2D eigenvalue weighted by molar-refractivity contribution is -0.146. The van der Waals surface area contributed by atoms with Crippen LogP contribution in [0.1, 0.15) is 6.42 Å². The Bertz CT molecular complexity index is 355. The Labute approximate surface area is 94.8 Å². The van der Waals surface area contributed by atoms with Crippen molar-refractivity contribution in [2.75, 3.05) is 13.1 Å². The number of carbonyl (C=O) groups is 1. The quantitative estimate of drug-likeness (QED) is 0.468. The highest BCUT2D eigenvalue weighted by Crippen LogP contribution is 2.12. The van der Waals surface area contributed by atoms with E-state index in [4.69, 9.17) is 10.2 Å². The van der Waals surface area contributed by atoms with Gasteiger partial charge in [0.1, 0.15) is 6.54 Å². The molecule has 1 atom stereocenters. The molecular weight excluding hydrogens is 269 g/mol. The number of aliphatic hydroxyl groups is 1. The number of aliphatic hydroxyl groups excluding tert-OH is 1. The molecule has 0 aliphatic heterocycles. The first-order valence-electron chi connectivity index (χ1n) is 4.25. The molecule has 0 aromatic heterocycles. The largest absolute Gasteiger partial charge is 0.479 e. The predicted octanol–water partition coefficient (Wildman–Crippen LogP) is -1.19. The second-order valence-electron chi connectivity index (χ2n) is 2.98. The Morgan fingerprint density at radius 2 is 1.82 bits per heavy atom. The molecule has 0 heterocycles. The molecular formula is C6H11F3N2O5S. The van der Waals surface area contributed by atoms with Gasteiger partial charge in [-0.2, -0.15) is 26.3 Å². The molecule has 7 nitrogen and oxygen atoms in total. The zero-order valence-corrected chi connectivity index (χ0v) is 9.18. The molecule has 11 heteroatoms. The van der Waals surface area contributed by atoms with Crippen LogP contribution in [0.15, 0.2) is 0 Å². The summed E-state index contributed by atoms with van der Waals surface area (Å²) in [5.74, 6) is -1.55. The third-order valence-electron chi connectivity index (χ3n) is 1.46. The maximum absolute atomic E-state index is 11.7. The van der Waals surface area contributed by atoms with Crippen molar-refractivity contribution in [3.63, 3.8) is 0 Å². The number of rotatable bonds is 7. The Hall–Kier alpha value is -0.910. The summed E-state index contributed by atoms with van der Waals surface area (Å²) >= 11 is 0. The summed E-state index contributed by atoms with van der Waals surface area (Å²) in [7, 11) is -4.36. The van der Waals surface area contributed by atoms with Crippen molar-refractivity contribution < 1.29 is 36.6 Å². The molecule has 0 saturated carbocycles. The average molecular weight is 280 g/mol. The van der Waals surface area contributed by atoms with Gasteiger partial charge in [0.2, 0.25) is 0 Å². The minimum absolute atomic E-state index is 0.456. The number of hydrogen-bond donors (Lipinski definition) is 4. The molecule has 0 radical (unpaired) electrons. The fourth-order valence-electron chi connectivity index (χ4n) is 0.681. The molecule has 4 N–H and O–H groups in total. The zero-order chi connectivity index (χ0) is 13.7. The van der Waals surface area contributed by atoms with Crippen molar-refractivity contribution in [1.29, 1.82) is 0 Å². The summed E-state index contributed by atoms with van der Waals surface area (Å²) in [6.07, 6.45) is -6.92. The van der Waals surface area contributed by atoms with Crippen LogP contribution in [0.2, 0.25) is 0 Å². The Morgan fingerprint density at radius 1 is 1.29 bits per heavy atom. The molecule has 0 aromatic carbocycles. The number of alkyl halides is 3. The maximum atomic E-state index is 11.7. The average Bonchev–Trinajstić information content (AvgIpc) is 2.13. The van der Waals surface area contributed by atoms with Gasteiger partial charge in [0.25, 0.3) is 10.2 Å². The second-order valence-corrected chi connectivity index (χ2v) is 4.56. The van der Waals surface area contributed by atoms with E-state index >= 15 is 0 Å². The van der Waals surface area contributed by atoms with Crippen LogP contribution in [-0.2, 0) is 15.0 Å². The van der Waals surface area contributed by atoms with Gasteiger partial charge in [0.05, 0.1) is 0 Å². The molecule has 0 rings (SSSR count). The Morgan fingerprint density at radius 3 is 2.24 bits per heavy atom. The van der Waals surface area contributed by atoms with Gasteiger partial charge in [-0.15, -0.1) is 0 Å². The molecule has 0 aromatic rings. The van der Waals surface area contributed by atoms with Crippen molar-refractivity contribution in [1.82, 2.24) is 9.44 Å². The van der Waals surface area contributed by atoms with E-state index in [1.807, 2.05) is 0 Å². The third kappa shape index (κ3) is 8.85. The Balaban J connectivity index is 3.99. The smallest absolute Gasteiger partial charge is 0.402 e. The lowest BCUT2D eigenvalue weighted by Gasteiger charge is -2.10. The molecule has 0 fully saturated rings. The SMILES string of the molecule is O=C(O)C(O)CCNS(=O)(=O)NCC(F)(F)F. The minimum atomic E-state index is -4.69. The van der Waals surface area contributed by atoms with Crippen LogP contribution >= 0.6 is 0 Å². The number of carboxylic acids is 1. The van der Waals surface area contributed by atoms with Gasteiger partial charge in [-0.25, -0.2) is 9.52 Å². The number of carboxylic acid groups (broad SMARTS) is 1. The van der Waals surface area contributed by atoms with Gasteiger partial charge >= 0.3 is 12.1 Å². The first kappa shape index (κ1) is 16.1. The fraction of sp³-hybridized carbons (Fsp3) is 0.833. The van der Waals surface area contributed by atoms with Gasteiger partial charge in [-0.1, -0.05) is 0 Å². The molecule has 0 saturated heterocycles. The summed E-state index contributed by atoms with van der Waals surface area (Å²) in [5, 5.41) is 17.0. The normalized spacial score (nSPS) is 14.6. The van der Waals surface area contributed by atoms with Gasteiger partial charge < -0.3 is 10.2 Å². The Kier molecular flexibility index (Phi) is 5.81. The van der Waals surface area contributed by atoms with Crippen molar-refractivity contribution in [3.8, 4) is 0 Å². The monoisotopic (exact) mass is 280 g/mol. The fourth-order valence-corrected chi connectivity index (χ4v) is 1.52. The molecule has 1 unspecified atom stereocenters. The maximum Gasteiger partial charge on any atom is 0.402 e. The molecule has 0 aliphatic carbocycles. The molecule has 0 amide bonds. The number of hydrogen-bond acceptors (Lipinski definition) is 4. The van der Waals surface area contributed by atoms with E-state index < -0.39 is 48.0 Å². The summed E-state index contributed by atoms with van der Waals surface area (Å²) in [6, 6.07) is 0. The molecule has 0 spiro atoms. The number of nitrogens with one attached hydrogen (secondary N) is 2. The number of aliphatic carboxylic acids is 1. The van der Waals surface area contributed by atoms with Gasteiger partial charge in [0.15, 0.2) is 6.10 Å². The summed E-state index contributed by atoms with van der Waals surface area (Å²) in [6.45, 7) is -2.23. The molecule has 102 valence electrons. The van der Waals surface area contributed by atoms with E-state index in [-0.39, 0.29) is 0 Å². The van der Waals surface area contributed by atoms with Crippen molar-refractivity contribution in [3.05, 3.63) is 0 Å². The first-order chi connectivity index (χ1) is 7.53. The third-order valence-corrected chi connectivity index (χ3v) is 2.57. The van der Waals surface area contributed by atoms with E-state index in [0.29, 0.717) is 0 Å². The predicted molar refractivity (Wildman–Crippen MR) is 49.2 cm³/mol. The summed E-state index contributed by atoms with van der Waals surface area (Å²) in [5.41, 5.74) is 0. The zero-order valence-electron chi connectivity index (χ0n) is 8.36. The van der Waals surface area contributed by atoms with Crippen LogP contribution in [0.4, 0.5) is 13.2 Å². The summed E-state index contributed by atoms with van der Waals surface area (Å²) in [4.78, 5) is 10.1. The molecule has 0 bridgehead atoms. The topological polar surface area (TPSA) is 116 Å². The highest BCUT2D eigenvalue weighted by molar-refractivity contribution is 7.87. The van der Waals surface area contributed by atoms with E-state index in [1.165, 1.54) is 4.72 Å². The van der Waals surface area contributed by atoms with E-state index in [2.05, 4.69) is 0 Å². The standard InChI is InChI=1S/C6H11F3N2O5S/c7-6(8,9)3-11-17(15,16)10-2-1-4(12)5(13)14/h4,10-12H,1-3H2,(H,13,14). The first-order valence-corrected chi connectivity index (χ1v) is 5.74. The van der Waals surface area contributed by atoms with Gasteiger partial charge in [-0.3, -0.25) is 0 Å². The van der Waals surface area contributed by atoms with Crippen LogP contribution in [0.3, 0.4) is 0 Å². The van der Waals surface area contributed by atoms with E-state index in [9.17, 15) is 26.4 Å². The van der Waals surface area contributed by atoms with Gasteiger partial charge in [0, 0.05) is 6.54 Å². The minimum Gasteiger partial charge on any atom is -0.479 e. The van der Waals surface area contributed by atoms with Crippen molar-refractivity contribution >= 4 is 16.2 Å². The van der Waals surface area contributed by atoms with Crippen molar-refractivity contribution in [2.45, 2.75) is 18.7 Å². The van der Waals surface area contributed by atoms with Gasteiger partial charge in [-0.05, 0) is 6.42 Å². The van der Waals surface area contributed by atoms with E-state index in [1.54, 1.807) is 4.72 Å². The lowest BCUT2D eigenvalue weighted by Crippen LogP contribution is -2.42. The molecule has 0 aliphatic rings. The van der Waals surface area contributed by atoms with Crippen LogP contribution in [0, 0.1) is 0 Å². The van der Waals surface area contributed by atoms with Crippen molar-refractivity contribution in [2.24, 2.45) is 0 Å². The highest BCUT2D eigenvalue weighted by Gasteiger charge is 2.29. The second kappa shape index (κ2) is 6.14. The van der Waals surface area contributed by atoms with Crippen LogP contribution in [-0.4, -0.2) is 50.0 Å². The molecule has 17 heavy (non-hydrogen) atoms.